The second kappa shape index (κ2) is 7.75. The van der Waals surface area contributed by atoms with Crippen LogP contribution in [0.3, 0.4) is 0 Å². The molecule has 0 aliphatic carbocycles. The van der Waals surface area contributed by atoms with Crippen LogP contribution in [0.4, 0.5) is 0 Å². The van der Waals surface area contributed by atoms with Gasteiger partial charge < -0.3 is 5.32 Å². The maximum Gasteiger partial charge on any atom is 0.252 e. The molecule has 0 bridgehead atoms. The normalized spacial score (nSPS) is 9.65. The zero-order valence-electron chi connectivity index (χ0n) is 9.90. The first-order valence-corrected chi connectivity index (χ1v) is 6.54. The number of nitrogens with one attached hydrogen (secondary N) is 1. The number of carbonyl (C=O) groups is 1. The number of benzene rings is 1. The summed E-state index contributed by atoms with van der Waals surface area (Å²) >= 11 is 1.02. The van der Waals surface area contributed by atoms with Crippen LogP contribution >= 0.6 is 11.8 Å². The van der Waals surface area contributed by atoms with Crippen molar-refractivity contribution in [3.63, 3.8) is 0 Å². The minimum absolute atomic E-state index is 0.0977. The van der Waals surface area contributed by atoms with Crippen molar-refractivity contribution in [2.24, 2.45) is 0 Å². The largest absolute Gasteiger partial charge is 0.352 e. The average molecular weight is 248 g/mol. The number of nitriles is 1. The highest BCUT2D eigenvalue weighted by Gasteiger charge is 2.10. The molecule has 4 heteroatoms. The lowest BCUT2D eigenvalue weighted by Crippen LogP contribution is -2.24. The molecule has 0 spiro atoms. The van der Waals surface area contributed by atoms with Crippen molar-refractivity contribution in [3.8, 4) is 5.40 Å². The van der Waals surface area contributed by atoms with Gasteiger partial charge in [0.2, 0.25) is 0 Å². The molecular formula is C13H16N2OS. The second-order valence-corrected chi connectivity index (χ2v) is 4.48. The summed E-state index contributed by atoms with van der Waals surface area (Å²) in [6, 6.07) is 7.17. The molecule has 0 saturated carbocycles. The Morgan fingerprint density at radius 3 is 2.88 bits per heavy atom. The van der Waals surface area contributed by atoms with Crippen molar-refractivity contribution in [1.29, 1.82) is 5.26 Å². The zero-order chi connectivity index (χ0) is 12.5. The van der Waals surface area contributed by atoms with Crippen LogP contribution < -0.4 is 5.32 Å². The molecule has 1 rings (SSSR count). The maximum absolute atomic E-state index is 11.9. The molecule has 0 unspecified atom stereocenters. The molecule has 0 fully saturated rings. The summed E-state index contributed by atoms with van der Waals surface area (Å²) in [5, 5.41) is 13.5. The first-order valence-electron chi connectivity index (χ1n) is 5.72. The molecular weight excluding hydrogens is 232 g/mol. The van der Waals surface area contributed by atoms with Crippen LogP contribution in [0.25, 0.3) is 0 Å². The van der Waals surface area contributed by atoms with E-state index in [1.165, 1.54) is 0 Å². The molecule has 1 N–H and O–H groups in total. The van der Waals surface area contributed by atoms with E-state index in [1.54, 1.807) is 12.1 Å². The van der Waals surface area contributed by atoms with Crippen LogP contribution in [0, 0.1) is 10.7 Å². The Labute approximate surface area is 106 Å². The van der Waals surface area contributed by atoms with Crippen LogP contribution in [0.15, 0.2) is 29.2 Å². The number of unbranched alkanes of at least 4 members (excludes halogenated alkanes) is 2. The Morgan fingerprint density at radius 1 is 1.41 bits per heavy atom. The van der Waals surface area contributed by atoms with Gasteiger partial charge in [-0.1, -0.05) is 31.9 Å². The third-order valence-corrected chi connectivity index (χ3v) is 3.02. The molecule has 3 nitrogen and oxygen atoms in total. The molecule has 1 aromatic rings. The van der Waals surface area contributed by atoms with Crippen molar-refractivity contribution >= 4 is 17.7 Å². The van der Waals surface area contributed by atoms with Gasteiger partial charge in [0.1, 0.15) is 5.40 Å². The summed E-state index contributed by atoms with van der Waals surface area (Å²) in [6.45, 7) is 2.82. The maximum atomic E-state index is 11.9. The zero-order valence-corrected chi connectivity index (χ0v) is 10.7. The van der Waals surface area contributed by atoms with Gasteiger partial charge in [-0.05, 0) is 30.3 Å². The fraction of sp³-hybridized carbons (Fsp3) is 0.385. The molecule has 0 saturated heterocycles. The van der Waals surface area contributed by atoms with Gasteiger partial charge in [0, 0.05) is 11.4 Å². The Kier molecular flexibility index (Phi) is 6.19. The number of nitrogens with zero attached hydrogens (tertiary/aromatic N) is 1. The third kappa shape index (κ3) is 4.49. The number of hydrogen-bond donors (Lipinski definition) is 1. The van der Waals surface area contributed by atoms with Crippen molar-refractivity contribution < 1.29 is 4.79 Å². The summed E-state index contributed by atoms with van der Waals surface area (Å²) < 4.78 is 0. The lowest BCUT2D eigenvalue weighted by atomic mass is 10.2. The lowest BCUT2D eigenvalue weighted by molar-refractivity contribution is 0.0950. The summed E-state index contributed by atoms with van der Waals surface area (Å²) in [4.78, 5) is 12.6. The number of thiocyanates is 1. The van der Waals surface area contributed by atoms with E-state index in [1.807, 2.05) is 17.5 Å². The molecule has 0 atom stereocenters. The van der Waals surface area contributed by atoms with Crippen LogP contribution in [-0.2, 0) is 0 Å². The molecule has 1 aromatic carbocycles. The molecule has 0 heterocycles. The highest BCUT2D eigenvalue weighted by Crippen LogP contribution is 2.21. The first-order chi connectivity index (χ1) is 8.29. The standard InChI is InChI=1S/C13H16N2OS/c1-2-3-6-9-15-13(16)11-7-4-5-8-12(11)17-10-14/h4-5,7-8H,2-3,6,9H2,1H3,(H,15,16). The van der Waals surface area contributed by atoms with Crippen LogP contribution in [0.1, 0.15) is 36.5 Å². The predicted octanol–water partition coefficient (Wildman–Crippen LogP) is 3.18. The number of hydrogen-bond acceptors (Lipinski definition) is 3. The Hall–Kier alpha value is -1.47. The highest BCUT2D eigenvalue weighted by atomic mass is 32.2. The number of thioether (sulfide) groups is 1. The lowest BCUT2D eigenvalue weighted by Gasteiger charge is -2.07. The minimum atomic E-state index is -0.0977. The van der Waals surface area contributed by atoms with Crippen molar-refractivity contribution in [1.82, 2.24) is 5.32 Å². The Bertz CT molecular complexity index is 412. The Balaban J connectivity index is 2.59. The van der Waals surface area contributed by atoms with Gasteiger partial charge >= 0.3 is 0 Å². The van der Waals surface area contributed by atoms with Gasteiger partial charge in [-0.25, -0.2) is 0 Å². The van der Waals surface area contributed by atoms with E-state index in [0.717, 1.165) is 31.0 Å². The van der Waals surface area contributed by atoms with E-state index in [-0.39, 0.29) is 5.91 Å². The fourth-order valence-electron chi connectivity index (χ4n) is 1.46. The monoisotopic (exact) mass is 248 g/mol. The molecule has 17 heavy (non-hydrogen) atoms. The molecule has 1 amide bonds. The van der Waals surface area contributed by atoms with E-state index >= 15 is 0 Å². The smallest absolute Gasteiger partial charge is 0.252 e. The number of amides is 1. The van der Waals surface area contributed by atoms with Crippen molar-refractivity contribution in [3.05, 3.63) is 29.8 Å². The molecule has 0 aromatic heterocycles. The van der Waals surface area contributed by atoms with E-state index in [4.69, 9.17) is 5.26 Å². The van der Waals surface area contributed by atoms with Crippen molar-refractivity contribution in [2.45, 2.75) is 31.1 Å². The summed E-state index contributed by atoms with van der Waals surface area (Å²) in [5.41, 5.74) is 0.579. The fourth-order valence-corrected chi connectivity index (χ4v) is 1.98. The van der Waals surface area contributed by atoms with Gasteiger partial charge in [0.05, 0.1) is 5.56 Å². The van der Waals surface area contributed by atoms with Crippen molar-refractivity contribution in [2.75, 3.05) is 6.54 Å². The van der Waals surface area contributed by atoms with E-state index < -0.39 is 0 Å². The first kappa shape index (κ1) is 13.6. The average Bonchev–Trinajstić information content (AvgIpc) is 2.35. The van der Waals surface area contributed by atoms with Crippen LogP contribution in [-0.4, -0.2) is 12.5 Å². The van der Waals surface area contributed by atoms with E-state index in [9.17, 15) is 4.79 Å². The Morgan fingerprint density at radius 2 is 2.18 bits per heavy atom. The predicted molar refractivity (Wildman–Crippen MR) is 69.8 cm³/mol. The van der Waals surface area contributed by atoms with E-state index in [0.29, 0.717) is 17.0 Å². The number of carbonyl (C=O) groups excluding carboxylic acids is 1. The highest BCUT2D eigenvalue weighted by molar-refractivity contribution is 8.03. The quantitative estimate of drug-likeness (QED) is 0.478. The van der Waals surface area contributed by atoms with Crippen LogP contribution in [0.5, 0.6) is 0 Å². The van der Waals surface area contributed by atoms with Gasteiger partial charge in [-0.2, -0.15) is 5.26 Å². The molecule has 0 aliphatic rings. The molecule has 0 radical (unpaired) electrons. The summed E-state index contributed by atoms with van der Waals surface area (Å²) in [7, 11) is 0. The minimum Gasteiger partial charge on any atom is -0.352 e. The molecule has 90 valence electrons. The van der Waals surface area contributed by atoms with Crippen LogP contribution in [0.2, 0.25) is 0 Å². The van der Waals surface area contributed by atoms with Gasteiger partial charge in [0.25, 0.3) is 5.91 Å². The van der Waals surface area contributed by atoms with Gasteiger partial charge in [0.15, 0.2) is 0 Å². The third-order valence-electron chi connectivity index (χ3n) is 2.35. The second-order valence-electron chi connectivity index (χ2n) is 3.65. The SMILES string of the molecule is CCCCCNC(=O)c1ccccc1SC#N. The van der Waals surface area contributed by atoms with Gasteiger partial charge in [-0.3, -0.25) is 4.79 Å². The van der Waals surface area contributed by atoms with Gasteiger partial charge in [-0.15, -0.1) is 0 Å². The number of rotatable bonds is 6. The topological polar surface area (TPSA) is 52.9 Å². The summed E-state index contributed by atoms with van der Waals surface area (Å²) in [6.07, 6.45) is 3.25. The summed E-state index contributed by atoms with van der Waals surface area (Å²) in [5.74, 6) is -0.0977. The van der Waals surface area contributed by atoms with E-state index in [2.05, 4.69) is 12.2 Å². The molecule has 0 aliphatic heterocycles.